The van der Waals surface area contributed by atoms with E-state index in [1.807, 2.05) is 0 Å². The van der Waals surface area contributed by atoms with Crippen molar-refractivity contribution in [3.63, 3.8) is 0 Å². The van der Waals surface area contributed by atoms with E-state index in [4.69, 9.17) is 10.3 Å². The number of methoxy groups -OCH3 is 1. The van der Waals surface area contributed by atoms with Crippen LogP contribution in [0.4, 0.5) is 0 Å². The van der Waals surface area contributed by atoms with Crippen LogP contribution in [0.25, 0.3) is 10.4 Å². The van der Waals surface area contributed by atoms with Gasteiger partial charge in [0.2, 0.25) is 0 Å². The van der Waals surface area contributed by atoms with Crippen LogP contribution in [0, 0.1) is 13.8 Å². The summed E-state index contributed by atoms with van der Waals surface area (Å²) in [7, 11) is 1.31. The van der Waals surface area contributed by atoms with Gasteiger partial charge >= 0.3 is 5.97 Å². The van der Waals surface area contributed by atoms with Gasteiger partial charge in [-0.3, -0.25) is 0 Å². The van der Waals surface area contributed by atoms with Gasteiger partial charge in [0, 0.05) is 18.0 Å². The number of azide groups is 1. The van der Waals surface area contributed by atoms with E-state index in [0.717, 1.165) is 0 Å². The quantitative estimate of drug-likeness (QED) is 0.273. The van der Waals surface area contributed by atoms with Gasteiger partial charge in [-0.05, 0) is 36.1 Å². The molecule has 1 aromatic rings. The molecule has 1 atom stereocenters. The van der Waals surface area contributed by atoms with E-state index < -0.39 is 12.0 Å². The van der Waals surface area contributed by atoms with E-state index in [0.29, 0.717) is 23.2 Å². The van der Waals surface area contributed by atoms with Gasteiger partial charge in [0.25, 0.3) is 0 Å². The fraction of sp³-hybridized carbons (Fsp3) is 0.462. The number of aromatic hydroxyl groups is 1. The van der Waals surface area contributed by atoms with Crippen LogP contribution in [-0.2, 0) is 9.53 Å². The number of nitrogens with one attached hydrogen (secondary N) is 1. The summed E-state index contributed by atoms with van der Waals surface area (Å²) in [6.07, 6.45) is 0. The molecule has 0 saturated carbocycles. The highest BCUT2D eigenvalue weighted by atomic mass is 16.5. The lowest BCUT2D eigenvalue weighted by atomic mass is 10.00. The lowest BCUT2D eigenvalue weighted by molar-refractivity contribution is -0.143. The van der Waals surface area contributed by atoms with Crippen LogP contribution in [0.1, 0.15) is 22.7 Å². The molecule has 0 heterocycles. The average Bonchev–Trinajstić information content (AvgIpc) is 2.43. The predicted molar refractivity (Wildman–Crippen MR) is 74.4 cm³/mol. The van der Waals surface area contributed by atoms with E-state index in [-0.39, 0.29) is 12.3 Å². The minimum Gasteiger partial charge on any atom is -0.507 e. The highest BCUT2D eigenvalue weighted by Gasteiger charge is 2.21. The maximum atomic E-state index is 11.8. The van der Waals surface area contributed by atoms with E-state index >= 15 is 0 Å². The van der Waals surface area contributed by atoms with Crippen molar-refractivity contribution in [3.8, 4) is 5.75 Å². The summed E-state index contributed by atoms with van der Waals surface area (Å²) < 4.78 is 4.77. The maximum absolute atomic E-state index is 11.8. The highest BCUT2D eigenvalue weighted by Crippen LogP contribution is 2.26. The molecule has 0 aliphatic heterocycles. The van der Waals surface area contributed by atoms with Crippen molar-refractivity contribution in [2.24, 2.45) is 5.11 Å². The number of aryl methyl sites for hydroxylation is 2. The first-order chi connectivity index (χ1) is 9.51. The Morgan fingerprint density at radius 3 is 2.60 bits per heavy atom. The summed E-state index contributed by atoms with van der Waals surface area (Å²) >= 11 is 0. The lowest BCUT2D eigenvalue weighted by Crippen LogP contribution is -2.31. The largest absolute Gasteiger partial charge is 0.507 e. The van der Waals surface area contributed by atoms with Crippen LogP contribution in [0.15, 0.2) is 17.2 Å². The molecule has 20 heavy (non-hydrogen) atoms. The Morgan fingerprint density at radius 2 is 2.10 bits per heavy atom. The van der Waals surface area contributed by atoms with Gasteiger partial charge in [0.15, 0.2) is 0 Å². The zero-order valence-electron chi connectivity index (χ0n) is 11.8. The number of phenolic OH excluding ortho intramolecular Hbond substituents is 1. The van der Waals surface area contributed by atoms with Crippen LogP contribution in [-0.4, -0.2) is 31.3 Å². The first-order valence-electron chi connectivity index (χ1n) is 6.13. The Morgan fingerprint density at radius 1 is 1.50 bits per heavy atom. The van der Waals surface area contributed by atoms with Crippen molar-refractivity contribution < 1.29 is 14.6 Å². The molecule has 7 heteroatoms. The van der Waals surface area contributed by atoms with Gasteiger partial charge in [-0.1, -0.05) is 17.2 Å². The summed E-state index contributed by atoms with van der Waals surface area (Å²) in [5.74, 6) is -0.220. The second-order valence-corrected chi connectivity index (χ2v) is 4.37. The second-order valence-electron chi connectivity index (χ2n) is 4.37. The zero-order valence-corrected chi connectivity index (χ0v) is 11.8. The number of ether oxygens (including phenoxy) is 1. The molecular weight excluding hydrogens is 260 g/mol. The molecule has 0 spiro atoms. The van der Waals surface area contributed by atoms with E-state index in [2.05, 4.69) is 15.3 Å². The third-order valence-corrected chi connectivity index (χ3v) is 2.91. The number of rotatable bonds is 6. The lowest BCUT2D eigenvalue weighted by Gasteiger charge is -2.18. The molecule has 0 saturated heterocycles. The Bertz CT molecular complexity index is 515. The SMILES string of the molecule is COC(=O)C(NCCN=[N+]=[N-])c1cc(C)c(O)c(C)c1. The molecule has 2 N–H and O–H groups in total. The summed E-state index contributed by atoms with van der Waals surface area (Å²) in [4.78, 5) is 14.5. The average molecular weight is 278 g/mol. The van der Waals surface area contributed by atoms with Crippen molar-refractivity contribution in [1.29, 1.82) is 0 Å². The van der Waals surface area contributed by atoms with E-state index in [1.165, 1.54) is 7.11 Å². The number of hydrogen-bond acceptors (Lipinski definition) is 5. The van der Waals surface area contributed by atoms with E-state index in [9.17, 15) is 9.90 Å². The Hall–Kier alpha value is -2.24. The van der Waals surface area contributed by atoms with Gasteiger partial charge in [0.1, 0.15) is 11.8 Å². The molecule has 1 rings (SSSR count). The van der Waals surface area contributed by atoms with Crippen molar-refractivity contribution in [3.05, 3.63) is 39.3 Å². The van der Waals surface area contributed by atoms with Crippen LogP contribution < -0.4 is 5.32 Å². The Balaban J connectivity index is 2.98. The molecule has 108 valence electrons. The molecule has 1 aromatic carbocycles. The number of carbonyl (C=O) groups excluding carboxylic acids is 1. The smallest absolute Gasteiger partial charge is 0.327 e. The number of carbonyl (C=O) groups is 1. The van der Waals surface area contributed by atoms with Gasteiger partial charge in [-0.2, -0.15) is 0 Å². The molecule has 1 unspecified atom stereocenters. The Kier molecular flexibility index (Phi) is 5.83. The fourth-order valence-electron chi connectivity index (χ4n) is 1.91. The molecule has 0 fully saturated rings. The summed E-state index contributed by atoms with van der Waals surface area (Å²) in [5.41, 5.74) is 10.3. The molecule has 7 nitrogen and oxygen atoms in total. The van der Waals surface area contributed by atoms with Gasteiger partial charge in [0.05, 0.1) is 7.11 Å². The summed E-state index contributed by atoms with van der Waals surface area (Å²) in [6.45, 7) is 4.11. The van der Waals surface area contributed by atoms with Crippen LogP contribution >= 0.6 is 0 Å². The number of nitrogens with zero attached hydrogens (tertiary/aromatic N) is 3. The number of benzene rings is 1. The molecule has 0 aromatic heterocycles. The van der Waals surface area contributed by atoms with Gasteiger partial charge in [-0.15, -0.1) is 0 Å². The highest BCUT2D eigenvalue weighted by molar-refractivity contribution is 5.78. The third-order valence-electron chi connectivity index (χ3n) is 2.91. The number of hydrogen-bond donors (Lipinski definition) is 2. The van der Waals surface area contributed by atoms with Gasteiger partial charge < -0.3 is 15.2 Å². The molecule has 0 radical (unpaired) electrons. The predicted octanol–water partition coefficient (Wildman–Crippen LogP) is 2.12. The summed E-state index contributed by atoms with van der Waals surface area (Å²) in [6, 6.07) is 2.79. The van der Waals surface area contributed by atoms with Crippen molar-refractivity contribution in [1.82, 2.24) is 5.32 Å². The van der Waals surface area contributed by atoms with Gasteiger partial charge in [-0.25, -0.2) is 4.79 Å². The molecule has 0 aliphatic carbocycles. The van der Waals surface area contributed by atoms with Crippen LogP contribution in [0.3, 0.4) is 0 Å². The van der Waals surface area contributed by atoms with Crippen LogP contribution in [0.5, 0.6) is 5.75 Å². The topological polar surface area (TPSA) is 107 Å². The molecule has 0 bridgehead atoms. The number of phenols is 1. The molecule has 0 amide bonds. The monoisotopic (exact) mass is 278 g/mol. The van der Waals surface area contributed by atoms with E-state index in [1.54, 1.807) is 26.0 Å². The molecule has 0 aliphatic rings. The first kappa shape index (κ1) is 15.8. The first-order valence-corrected chi connectivity index (χ1v) is 6.13. The third kappa shape index (κ3) is 3.88. The van der Waals surface area contributed by atoms with Crippen LogP contribution in [0.2, 0.25) is 0 Å². The van der Waals surface area contributed by atoms with Crippen molar-refractivity contribution >= 4 is 5.97 Å². The summed E-state index contributed by atoms with van der Waals surface area (Å²) in [5, 5.41) is 16.1. The minimum absolute atomic E-state index is 0.214. The Labute approximate surface area is 117 Å². The maximum Gasteiger partial charge on any atom is 0.327 e. The standard InChI is InChI=1S/C13H18N4O3/c1-8-6-10(7-9(2)12(8)18)11(13(19)20-3)15-4-5-16-17-14/h6-7,11,15,18H,4-5H2,1-3H3. The zero-order chi connectivity index (χ0) is 15.1. The molecular formula is C13H18N4O3. The normalized spacial score (nSPS) is 11.6. The van der Waals surface area contributed by atoms with Crippen molar-refractivity contribution in [2.45, 2.75) is 19.9 Å². The minimum atomic E-state index is -0.660. The second kappa shape index (κ2) is 7.37. The fourth-order valence-corrected chi connectivity index (χ4v) is 1.91. The number of esters is 1. The van der Waals surface area contributed by atoms with Crippen molar-refractivity contribution in [2.75, 3.05) is 20.2 Å².